The summed E-state index contributed by atoms with van der Waals surface area (Å²) >= 11 is 0. The zero-order chi connectivity index (χ0) is 51.2. The van der Waals surface area contributed by atoms with E-state index in [4.69, 9.17) is 0 Å². The molecule has 0 radical (unpaired) electrons. The van der Waals surface area contributed by atoms with Crippen molar-refractivity contribution < 1.29 is 9.13 Å². The van der Waals surface area contributed by atoms with Crippen molar-refractivity contribution in [3.63, 3.8) is 0 Å². The van der Waals surface area contributed by atoms with E-state index in [2.05, 4.69) is 194 Å². The number of hydrogen-bond donors (Lipinski definition) is 0. The van der Waals surface area contributed by atoms with Crippen LogP contribution in [0.5, 0.6) is 0 Å². The zero-order valence-electron chi connectivity index (χ0n) is 41.7. The molecule has 0 saturated carbocycles. The van der Waals surface area contributed by atoms with Gasteiger partial charge in [-0.3, -0.25) is 0 Å². The molecule has 0 amide bonds. The molecule has 0 saturated heterocycles. The molecule has 2 aliphatic rings. The number of rotatable bonds is 12. The van der Waals surface area contributed by atoms with Crippen LogP contribution in [0.25, 0.3) is 21.8 Å². The van der Waals surface area contributed by atoms with Gasteiger partial charge in [-0.05, 0) is 78.9 Å². The lowest BCUT2D eigenvalue weighted by molar-refractivity contribution is 0.592. The third kappa shape index (κ3) is 7.09. The molecule has 0 heterocycles. The van der Waals surface area contributed by atoms with Crippen LogP contribution in [0.15, 0.2) is 315 Å². The molecule has 13 rings (SSSR count). The lowest BCUT2D eigenvalue weighted by atomic mass is 9.63. The molecular formula is C72H52O2P2. The Hall–Kier alpha value is -8.64. The standard InChI is InChI=1S/C72H52O2P2/c73-75(59-43-23-7-24-44-59,60-45-25-8-26-46-60)69-63-51-66-64(52-65(63)71(55-35-15-3-16-36-55,56-37-17-4-18-38-56)67(69)53-31-11-1-12-32-53)70(76(74,61-47-27-9-28-48-61)62-49-29-10-30-50-62)68(54-33-13-2-14-34-54)72(66,57-39-19-5-20-40-57)58-41-21-6-22-42-58/h1-52H. The van der Waals surface area contributed by atoms with Gasteiger partial charge in [-0.15, -0.1) is 0 Å². The molecule has 11 aromatic rings. The maximum Gasteiger partial charge on any atom is 0.171 e. The lowest BCUT2D eigenvalue weighted by Gasteiger charge is -2.37. The highest BCUT2D eigenvalue weighted by molar-refractivity contribution is 7.88. The minimum Gasteiger partial charge on any atom is -0.309 e. The van der Waals surface area contributed by atoms with Gasteiger partial charge in [0.1, 0.15) is 0 Å². The Kier molecular flexibility index (Phi) is 11.9. The monoisotopic (exact) mass is 1010 g/mol. The Morgan fingerprint density at radius 2 is 0.434 bits per heavy atom. The van der Waals surface area contributed by atoms with Gasteiger partial charge in [-0.1, -0.05) is 303 Å². The number of allylic oxidation sites excluding steroid dienone is 2. The molecule has 0 aromatic heterocycles. The van der Waals surface area contributed by atoms with Crippen molar-refractivity contribution in [2.75, 3.05) is 0 Å². The quantitative estimate of drug-likeness (QED) is 0.114. The van der Waals surface area contributed by atoms with Crippen LogP contribution in [0.2, 0.25) is 0 Å². The highest BCUT2D eigenvalue weighted by atomic mass is 31.2. The Morgan fingerprint density at radius 1 is 0.237 bits per heavy atom. The van der Waals surface area contributed by atoms with Gasteiger partial charge in [0.05, 0.1) is 10.8 Å². The first-order valence-electron chi connectivity index (χ1n) is 26.0. The summed E-state index contributed by atoms with van der Waals surface area (Å²) in [7, 11) is -7.73. The Balaban J connectivity index is 1.33. The average molecular weight is 1010 g/mol. The third-order valence-electron chi connectivity index (χ3n) is 15.8. The van der Waals surface area contributed by atoms with Crippen LogP contribution in [-0.4, -0.2) is 0 Å². The van der Waals surface area contributed by atoms with Gasteiger partial charge in [0.15, 0.2) is 14.3 Å². The fourth-order valence-electron chi connectivity index (χ4n) is 12.7. The molecular weight excluding hydrogens is 959 g/mol. The van der Waals surface area contributed by atoms with Gasteiger partial charge < -0.3 is 9.13 Å². The smallest absolute Gasteiger partial charge is 0.171 e. The van der Waals surface area contributed by atoms with E-state index in [9.17, 15) is 0 Å². The van der Waals surface area contributed by atoms with Crippen molar-refractivity contribution in [1.82, 2.24) is 0 Å². The van der Waals surface area contributed by atoms with Gasteiger partial charge >= 0.3 is 0 Å². The minimum atomic E-state index is -3.86. The summed E-state index contributed by atoms with van der Waals surface area (Å²) in [5, 5.41) is 4.53. The lowest BCUT2D eigenvalue weighted by Crippen LogP contribution is -2.31. The molecule has 362 valence electrons. The van der Waals surface area contributed by atoms with E-state index in [1.165, 1.54) is 0 Å². The van der Waals surface area contributed by atoms with Crippen molar-refractivity contribution in [2.45, 2.75) is 10.8 Å². The van der Waals surface area contributed by atoms with Crippen LogP contribution in [0.4, 0.5) is 0 Å². The van der Waals surface area contributed by atoms with Gasteiger partial charge in [0.25, 0.3) is 0 Å². The molecule has 0 atom stereocenters. The van der Waals surface area contributed by atoms with Gasteiger partial charge in [-0.25, -0.2) is 0 Å². The van der Waals surface area contributed by atoms with E-state index in [1.54, 1.807) is 0 Å². The van der Waals surface area contributed by atoms with E-state index in [0.29, 0.717) is 0 Å². The molecule has 0 N–H and O–H groups in total. The molecule has 0 unspecified atom stereocenters. The Bertz CT molecular complexity index is 3600. The topological polar surface area (TPSA) is 34.1 Å². The maximum atomic E-state index is 18.1. The fourth-order valence-corrected chi connectivity index (χ4v) is 19.0. The number of benzene rings is 11. The van der Waals surface area contributed by atoms with E-state index in [0.717, 1.165) is 98.6 Å². The number of hydrogen-bond acceptors (Lipinski definition) is 2. The molecule has 11 aromatic carbocycles. The van der Waals surface area contributed by atoms with Gasteiger partial charge in [-0.2, -0.15) is 0 Å². The summed E-state index contributed by atoms with van der Waals surface area (Å²) in [5.74, 6) is 0. The molecule has 0 aliphatic heterocycles. The summed E-state index contributed by atoms with van der Waals surface area (Å²) in [4.78, 5) is 0. The van der Waals surface area contributed by atoms with Crippen LogP contribution < -0.4 is 21.2 Å². The van der Waals surface area contributed by atoms with E-state index >= 15 is 9.13 Å². The first-order chi connectivity index (χ1) is 37.5. The predicted octanol–water partition coefficient (Wildman–Crippen LogP) is 16.1. The molecule has 2 nitrogen and oxygen atoms in total. The zero-order valence-corrected chi connectivity index (χ0v) is 43.5. The van der Waals surface area contributed by atoms with Crippen LogP contribution in [0.3, 0.4) is 0 Å². The van der Waals surface area contributed by atoms with Crippen molar-refractivity contribution in [3.05, 3.63) is 371 Å². The third-order valence-corrected chi connectivity index (χ3v) is 22.1. The summed E-state index contributed by atoms with van der Waals surface area (Å²) in [6.45, 7) is 0. The first-order valence-corrected chi connectivity index (χ1v) is 29.4. The molecule has 0 spiro atoms. The second-order valence-electron chi connectivity index (χ2n) is 19.6. The average Bonchev–Trinajstić information content (AvgIpc) is 4.22. The summed E-state index contributed by atoms with van der Waals surface area (Å²) in [5.41, 5.74) is 9.55. The van der Waals surface area contributed by atoms with E-state index < -0.39 is 25.1 Å². The Labute approximate surface area is 445 Å². The van der Waals surface area contributed by atoms with Gasteiger partial charge in [0.2, 0.25) is 0 Å². The molecule has 0 fully saturated rings. The highest BCUT2D eigenvalue weighted by Gasteiger charge is 2.58. The normalized spacial score (nSPS) is 14.5. The second-order valence-corrected chi connectivity index (χ2v) is 25.0. The van der Waals surface area contributed by atoms with Gasteiger partial charge in [0, 0.05) is 31.8 Å². The SMILES string of the molecule is O=P(C1=C(c2ccccc2)C(c2ccccc2)(c2ccccc2)c2cc3c(cc21)C(c1ccccc1)(c1ccccc1)C(c1ccccc1)=C3P(=O)(c1ccccc1)c1ccccc1)(c1ccccc1)c1ccccc1. The first kappa shape index (κ1) is 47.1. The summed E-state index contributed by atoms with van der Waals surface area (Å²) in [6, 6.07) is 110. The minimum absolute atomic E-state index is 0.742. The van der Waals surface area contributed by atoms with Crippen LogP contribution >= 0.6 is 14.3 Å². The van der Waals surface area contributed by atoms with Crippen LogP contribution in [0, 0.1) is 0 Å². The maximum absolute atomic E-state index is 18.1. The van der Waals surface area contributed by atoms with E-state index in [-0.39, 0.29) is 0 Å². The van der Waals surface area contributed by atoms with E-state index in [1.807, 2.05) is 121 Å². The highest BCUT2D eigenvalue weighted by Crippen LogP contribution is 2.74. The van der Waals surface area contributed by atoms with Crippen molar-refractivity contribution in [1.29, 1.82) is 0 Å². The van der Waals surface area contributed by atoms with Crippen LogP contribution in [-0.2, 0) is 20.0 Å². The number of fused-ring (bicyclic) bond motifs is 2. The Morgan fingerprint density at radius 3 is 0.658 bits per heavy atom. The van der Waals surface area contributed by atoms with Crippen molar-refractivity contribution in [3.8, 4) is 0 Å². The molecule has 76 heavy (non-hydrogen) atoms. The molecule has 4 heteroatoms. The predicted molar refractivity (Wildman–Crippen MR) is 318 cm³/mol. The van der Waals surface area contributed by atoms with Crippen LogP contribution in [0.1, 0.15) is 55.6 Å². The second kappa shape index (κ2) is 19.2. The summed E-state index contributed by atoms with van der Waals surface area (Å²) < 4.78 is 36.2. The summed E-state index contributed by atoms with van der Waals surface area (Å²) in [6.07, 6.45) is 0. The van der Waals surface area contributed by atoms with Crippen molar-refractivity contribution >= 4 is 57.3 Å². The largest absolute Gasteiger partial charge is 0.309 e. The van der Waals surface area contributed by atoms with Crippen molar-refractivity contribution in [2.24, 2.45) is 0 Å². The molecule has 2 aliphatic carbocycles. The fraction of sp³-hybridized carbons (Fsp3) is 0.0278. The molecule has 0 bridgehead atoms.